The molecule has 10 heteroatoms. The van der Waals surface area contributed by atoms with Crippen LogP contribution in [0.15, 0.2) is 41.0 Å². The Morgan fingerprint density at radius 2 is 1.84 bits per heavy atom. The molecule has 2 rings (SSSR count). The van der Waals surface area contributed by atoms with E-state index in [-0.39, 0.29) is 16.8 Å². The van der Waals surface area contributed by atoms with Gasteiger partial charge in [-0.1, -0.05) is 0 Å². The Morgan fingerprint density at radius 3 is 2.40 bits per heavy atom. The van der Waals surface area contributed by atoms with Crippen molar-refractivity contribution in [2.24, 2.45) is 0 Å². The lowest BCUT2D eigenvalue weighted by molar-refractivity contribution is -0.384. The highest BCUT2D eigenvalue weighted by Gasteiger charge is 2.15. The van der Waals surface area contributed by atoms with Crippen molar-refractivity contribution in [3.05, 3.63) is 63.6 Å². The van der Waals surface area contributed by atoms with E-state index in [4.69, 9.17) is 9.15 Å². The lowest BCUT2D eigenvalue weighted by atomic mass is 10.2. The number of furan rings is 1. The molecule has 0 fully saturated rings. The summed E-state index contributed by atoms with van der Waals surface area (Å²) < 4.78 is 9.71. The lowest BCUT2D eigenvalue weighted by Gasteiger charge is -2.08. The van der Waals surface area contributed by atoms with E-state index in [2.05, 4.69) is 10.9 Å². The second kappa shape index (κ2) is 7.73. The number of hydrogen-bond acceptors (Lipinski definition) is 7. The minimum absolute atomic E-state index is 0.108. The van der Waals surface area contributed by atoms with Crippen molar-refractivity contribution in [3.63, 3.8) is 0 Å². The van der Waals surface area contributed by atoms with E-state index in [1.54, 1.807) is 6.92 Å². The third-order valence-corrected chi connectivity index (χ3v) is 3.07. The van der Waals surface area contributed by atoms with Crippen LogP contribution in [0, 0.1) is 17.0 Å². The van der Waals surface area contributed by atoms with E-state index < -0.39 is 29.3 Å². The number of esters is 1. The maximum atomic E-state index is 11.8. The molecule has 0 bridgehead atoms. The number of non-ortho nitro benzene ring substituents is 1. The van der Waals surface area contributed by atoms with Gasteiger partial charge >= 0.3 is 5.97 Å². The molecule has 0 atom stereocenters. The van der Waals surface area contributed by atoms with Crippen molar-refractivity contribution in [2.45, 2.75) is 6.92 Å². The molecule has 0 radical (unpaired) electrons. The van der Waals surface area contributed by atoms with E-state index >= 15 is 0 Å². The number of nitro benzene ring substituents is 1. The molecule has 0 saturated carbocycles. The summed E-state index contributed by atoms with van der Waals surface area (Å²) in [5, 5.41) is 10.5. The number of carbonyl (C=O) groups excluding carboxylic acids is 3. The molecule has 0 aliphatic heterocycles. The van der Waals surface area contributed by atoms with E-state index in [1.165, 1.54) is 24.5 Å². The van der Waals surface area contributed by atoms with Crippen LogP contribution >= 0.6 is 0 Å². The molecule has 1 heterocycles. The molecule has 2 amide bonds. The number of nitrogens with one attached hydrogen (secondary N) is 2. The first-order chi connectivity index (χ1) is 11.9. The largest absolute Gasteiger partial charge is 0.469 e. The van der Waals surface area contributed by atoms with Gasteiger partial charge in [0.2, 0.25) is 0 Å². The Balaban J connectivity index is 1.79. The Kier molecular flexibility index (Phi) is 5.46. The molecular formula is C15H13N3O7. The SMILES string of the molecule is Cc1occc1C(=O)OCC(=O)NNC(=O)c1ccc([N+](=O)[O-])cc1. The first kappa shape index (κ1) is 17.7. The van der Waals surface area contributed by atoms with Crippen LogP contribution in [-0.4, -0.2) is 29.3 Å². The number of nitrogens with zero attached hydrogens (tertiary/aromatic N) is 1. The Hall–Kier alpha value is -3.69. The molecule has 10 nitrogen and oxygen atoms in total. The fourth-order valence-corrected chi connectivity index (χ4v) is 1.77. The van der Waals surface area contributed by atoms with Gasteiger partial charge < -0.3 is 9.15 Å². The standard InChI is InChI=1S/C15H13N3O7/c1-9-12(6-7-24-9)15(21)25-8-13(19)16-17-14(20)10-2-4-11(5-3-10)18(22)23/h2-7H,8H2,1H3,(H,16,19)(H,17,20). The first-order valence-corrected chi connectivity index (χ1v) is 6.93. The van der Waals surface area contributed by atoms with Crippen molar-refractivity contribution in [3.8, 4) is 0 Å². The molecule has 1 aromatic heterocycles. The predicted octanol–water partition coefficient (Wildman–Crippen LogP) is 1.11. The van der Waals surface area contributed by atoms with Gasteiger partial charge in [-0.25, -0.2) is 4.79 Å². The van der Waals surface area contributed by atoms with Crippen LogP contribution in [0.2, 0.25) is 0 Å². The molecule has 0 aliphatic carbocycles. The van der Waals surface area contributed by atoms with Crippen LogP contribution in [0.4, 0.5) is 5.69 Å². The van der Waals surface area contributed by atoms with E-state index in [0.29, 0.717) is 5.76 Å². The average Bonchev–Trinajstić information content (AvgIpc) is 3.03. The lowest BCUT2D eigenvalue weighted by Crippen LogP contribution is -2.43. The number of carbonyl (C=O) groups is 3. The van der Waals surface area contributed by atoms with Crippen LogP contribution in [-0.2, 0) is 9.53 Å². The van der Waals surface area contributed by atoms with Crippen molar-refractivity contribution >= 4 is 23.5 Å². The Labute approximate surface area is 140 Å². The van der Waals surface area contributed by atoms with Crippen molar-refractivity contribution < 1.29 is 28.5 Å². The van der Waals surface area contributed by atoms with Gasteiger partial charge in [-0.3, -0.25) is 30.6 Å². The van der Waals surface area contributed by atoms with Crippen molar-refractivity contribution in [1.29, 1.82) is 0 Å². The third-order valence-electron chi connectivity index (χ3n) is 3.07. The molecule has 1 aromatic carbocycles. The molecule has 2 N–H and O–H groups in total. The van der Waals surface area contributed by atoms with Gasteiger partial charge in [0, 0.05) is 17.7 Å². The number of rotatable bonds is 5. The second-order valence-electron chi connectivity index (χ2n) is 4.77. The molecule has 130 valence electrons. The van der Waals surface area contributed by atoms with Crippen LogP contribution < -0.4 is 10.9 Å². The molecule has 0 spiro atoms. The van der Waals surface area contributed by atoms with E-state index in [0.717, 1.165) is 12.1 Å². The summed E-state index contributed by atoms with van der Waals surface area (Å²) in [4.78, 5) is 45.0. The smallest absolute Gasteiger partial charge is 0.342 e. The maximum Gasteiger partial charge on any atom is 0.342 e. The minimum atomic E-state index is -0.759. The van der Waals surface area contributed by atoms with Gasteiger partial charge in [0.15, 0.2) is 6.61 Å². The third kappa shape index (κ3) is 4.64. The summed E-state index contributed by atoms with van der Waals surface area (Å²) in [5.41, 5.74) is 4.30. The summed E-state index contributed by atoms with van der Waals surface area (Å²) in [6.45, 7) is 0.963. The normalized spacial score (nSPS) is 9.96. The van der Waals surface area contributed by atoms with Crippen LogP contribution in [0.1, 0.15) is 26.5 Å². The fraction of sp³-hybridized carbons (Fsp3) is 0.133. The summed E-state index contributed by atoms with van der Waals surface area (Å²) in [5.74, 6) is -1.81. The van der Waals surface area contributed by atoms with Gasteiger partial charge in [-0.05, 0) is 25.1 Å². The topological polar surface area (TPSA) is 141 Å². The number of amides is 2. The minimum Gasteiger partial charge on any atom is -0.469 e. The van der Waals surface area contributed by atoms with Gasteiger partial charge in [0.1, 0.15) is 11.3 Å². The zero-order valence-corrected chi connectivity index (χ0v) is 13.0. The number of benzene rings is 1. The highest BCUT2D eigenvalue weighted by Crippen LogP contribution is 2.11. The van der Waals surface area contributed by atoms with E-state index in [1.807, 2.05) is 0 Å². The summed E-state index contributed by atoms with van der Waals surface area (Å²) in [6.07, 6.45) is 1.32. The Morgan fingerprint density at radius 1 is 1.16 bits per heavy atom. The van der Waals surface area contributed by atoms with Crippen molar-refractivity contribution in [1.82, 2.24) is 10.9 Å². The molecule has 0 unspecified atom stereocenters. The van der Waals surface area contributed by atoms with Crippen molar-refractivity contribution in [2.75, 3.05) is 6.61 Å². The van der Waals surface area contributed by atoms with Crippen LogP contribution in [0.3, 0.4) is 0 Å². The van der Waals surface area contributed by atoms with E-state index in [9.17, 15) is 24.5 Å². The number of aryl methyl sites for hydroxylation is 1. The summed E-state index contributed by atoms with van der Waals surface area (Å²) in [7, 11) is 0. The zero-order valence-electron chi connectivity index (χ0n) is 13.0. The van der Waals surface area contributed by atoms with Crippen LogP contribution in [0.5, 0.6) is 0 Å². The van der Waals surface area contributed by atoms with Gasteiger partial charge in [-0.15, -0.1) is 0 Å². The van der Waals surface area contributed by atoms with Gasteiger partial charge in [0.05, 0.1) is 11.2 Å². The maximum absolute atomic E-state index is 11.8. The number of hydrazine groups is 1. The second-order valence-corrected chi connectivity index (χ2v) is 4.77. The molecule has 2 aromatic rings. The Bertz CT molecular complexity index is 811. The molecule has 0 saturated heterocycles. The first-order valence-electron chi connectivity index (χ1n) is 6.93. The van der Waals surface area contributed by atoms with Gasteiger partial charge in [0.25, 0.3) is 17.5 Å². The predicted molar refractivity (Wildman–Crippen MR) is 82.4 cm³/mol. The van der Waals surface area contributed by atoms with Crippen LogP contribution in [0.25, 0.3) is 0 Å². The fourth-order valence-electron chi connectivity index (χ4n) is 1.77. The highest BCUT2D eigenvalue weighted by molar-refractivity contribution is 5.96. The number of hydrogen-bond donors (Lipinski definition) is 2. The zero-order chi connectivity index (χ0) is 18.4. The monoisotopic (exact) mass is 347 g/mol. The summed E-state index contributed by atoms with van der Waals surface area (Å²) in [6, 6.07) is 6.20. The highest BCUT2D eigenvalue weighted by atomic mass is 16.6. The molecule has 25 heavy (non-hydrogen) atoms. The number of nitro groups is 1. The quantitative estimate of drug-likeness (QED) is 0.469. The average molecular weight is 347 g/mol. The number of ether oxygens (including phenoxy) is 1. The summed E-state index contributed by atoms with van der Waals surface area (Å²) >= 11 is 0. The molecule has 0 aliphatic rings. The van der Waals surface area contributed by atoms with Gasteiger partial charge in [-0.2, -0.15) is 0 Å². The molecular weight excluding hydrogens is 334 g/mol.